The quantitative estimate of drug-likeness (QED) is 0.00575. The van der Waals surface area contributed by atoms with E-state index in [2.05, 4.69) is 59.7 Å². The number of guanidine groups is 1. The molecule has 5 aromatic rings. The van der Waals surface area contributed by atoms with Crippen LogP contribution in [0.25, 0.3) is 0 Å². The molecule has 33 nitrogen and oxygen atoms in total. The van der Waals surface area contributed by atoms with E-state index in [0.29, 0.717) is 55.5 Å². The summed E-state index contributed by atoms with van der Waals surface area (Å²) in [5, 5.41) is 43.0. The number of alkyl carbamates (subject to hydrolysis) is 1. The standard InChI is InChI=1S/C95H132N14O19S/c1-19-57(4)77(88(119)109(129(123,124)79-59(6)58(5)78-66(60(79)7)54-95(17,18)127-78)75(42-31-47-99-90(97)98)86(117)102-69(89(120)121)41-28-29-46-100-91(122)128-94(14,15)16)107-84(115)72(52-62-35-24-21-25-36-62)104-81(112)70(49-56(2)3)103-83(114)73(53-76(110)126-93(11,12)13)105-82(113)71(51-61-33-22-20-23-34-61)106-85(116)74-43-32-48-108(74)87(118)65-39-30-37-63(50-65)44-45-64-38-26-27-40-68(64)101-80(111)67(96)55-125-92(8,9)10/h20-27,30,33-40,50,56-57,67,69-75,77H,19,28-29,31-32,41-43,46-49,51-55,96H2,1-18H3,(H,100,122)(H,101,111)(H,102,117)(H,103,114)(H,104,112)(H,105,113)(H,106,116)(H,107,115)(H,120,121)(H4,97,98,99)/t57-,67-,69-,70-,71-,72-,73-,74-,75-,77-/m0/s1. The van der Waals surface area contributed by atoms with Gasteiger partial charge in [0, 0.05) is 61.2 Å². The summed E-state index contributed by atoms with van der Waals surface area (Å²) >= 11 is 0. The number of benzene rings is 5. The molecule has 15 N–H and O–H groups in total. The number of hydrogen-bond donors (Lipinski definition) is 13. The summed E-state index contributed by atoms with van der Waals surface area (Å²) < 4.78 is 56.4. The molecule has 0 unspecified atom stereocenters. The Kier molecular flexibility index (Phi) is 37.4. The van der Waals surface area contributed by atoms with Crippen LogP contribution in [-0.2, 0) is 91.4 Å². The average Bonchev–Trinajstić information content (AvgIpc) is 1.65. The third-order valence-electron chi connectivity index (χ3n) is 21.6. The molecule has 1 saturated heterocycles. The van der Waals surface area contributed by atoms with Gasteiger partial charge in [-0.25, -0.2) is 22.3 Å². The average molecular weight is 1810 g/mol. The van der Waals surface area contributed by atoms with E-state index in [1.54, 1.807) is 192 Å². The highest BCUT2D eigenvalue weighted by Gasteiger charge is 2.49. The number of carbonyl (C=O) groups is 12. The first-order valence-electron chi connectivity index (χ1n) is 43.9. The second kappa shape index (κ2) is 46.3. The first-order valence-corrected chi connectivity index (χ1v) is 45.3. The van der Waals surface area contributed by atoms with Gasteiger partial charge in [0.05, 0.1) is 29.2 Å². The molecule has 0 bridgehead atoms. The molecule has 7 rings (SSSR count). The largest absolute Gasteiger partial charge is 0.487 e. The molecule has 129 heavy (non-hydrogen) atoms. The minimum Gasteiger partial charge on any atom is -0.487 e. The zero-order chi connectivity index (χ0) is 95.8. The van der Waals surface area contributed by atoms with E-state index in [9.17, 15) is 33.9 Å². The number of fused-ring (bicyclic) bond motifs is 1. The number of esters is 1. The van der Waals surface area contributed by atoms with Crippen molar-refractivity contribution in [3.63, 3.8) is 0 Å². The summed E-state index contributed by atoms with van der Waals surface area (Å²) in [6.45, 7) is 30.5. The van der Waals surface area contributed by atoms with Crippen molar-refractivity contribution < 1.29 is 90.0 Å². The highest BCUT2D eigenvalue weighted by atomic mass is 32.2. The second-order valence-corrected chi connectivity index (χ2v) is 38.7. The molecule has 2 heterocycles. The van der Waals surface area contributed by atoms with Crippen LogP contribution in [0.4, 0.5) is 10.5 Å². The molecule has 10 amide bonds. The van der Waals surface area contributed by atoms with Crippen LogP contribution in [0, 0.1) is 49.9 Å². The van der Waals surface area contributed by atoms with Gasteiger partial charge < -0.3 is 88.3 Å². The van der Waals surface area contributed by atoms with E-state index in [0.717, 1.165) is 0 Å². The maximum atomic E-state index is 16.5. The molecule has 1 fully saturated rings. The number of carboxylic acids is 1. The van der Waals surface area contributed by atoms with E-state index in [-0.39, 0.29) is 112 Å². The van der Waals surface area contributed by atoms with Crippen molar-refractivity contribution in [3.05, 3.63) is 159 Å². The number of anilines is 1. The molecule has 0 spiro atoms. The summed E-state index contributed by atoms with van der Waals surface area (Å²) in [6.07, 6.45) is -1.85. The van der Waals surface area contributed by atoms with Crippen LogP contribution in [0.2, 0.25) is 0 Å². The normalized spacial score (nSPS) is 15.7. The Morgan fingerprint density at radius 3 is 1.81 bits per heavy atom. The first kappa shape index (κ1) is 104. The predicted octanol–water partition coefficient (Wildman–Crippen LogP) is 8.26. The highest BCUT2D eigenvalue weighted by molar-refractivity contribution is 7.89. The van der Waals surface area contributed by atoms with E-state index in [1.807, 2.05) is 34.6 Å². The van der Waals surface area contributed by atoms with Crippen LogP contribution in [0.3, 0.4) is 0 Å². The number of hydrogen-bond acceptors (Lipinski definition) is 20. The van der Waals surface area contributed by atoms with Gasteiger partial charge in [0.15, 0.2) is 5.96 Å². The Balaban J connectivity index is 1.21. The highest BCUT2D eigenvalue weighted by Crippen LogP contribution is 2.45. The molecule has 0 radical (unpaired) electrons. The van der Waals surface area contributed by atoms with Gasteiger partial charge in [-0.15, -0.1) is 0 Å². The molecule has 34 heteroatoms. The lowest BCUT2D eigenvalue weighted by Crippen LogP contribution is -2.63. The van der Waals surface area contributed by atoms with Gasteiger partial charge in [-0.05, 0) is 218 Å². The van der Waals surface area contributed by atoms with Crippen LogP contribution in [-0.4, -0.2) is 203 Å². The topological polar surface area (TPSA) is 487 Å². The van der Waals surface area contributed by atoms with Crippen LogP contribution in [0.1, 0.15) is 223 Å². The van der Waals surface area contributed by atoms with Crippen molar-refractivity contribution in [2.24, 2.45) is 23.3 Å². The number of carboxylic acid groups (broad SMARTS) is 1. The molecular formula is C95H132N14O19S. The van der Waals surface area contributed by atoms with Crippen molar-refractivity contribution in [1.29, 1.82) is 5.41 Å². The van der Waals surface area contributed by atoms with Crippen LogP contribution in [0.15, 0.2) is 114 Å². The minimum absolute atomic E-state index is 0.0204. The fourth-order valence-corrected chi connectivity index (χ4v) is 17.1. The number of nitrogens with two attached hydrogens (primary N) is 2. The number of unbranched alkanes of at least 4 members (excludes halogenated alkanes) is 1. The van der Waals surface area contributed by atoms with Crippen molar-refractivity contribution in [2.75, 3.05) is 31.6 Å². The monoisotopic (exact) mass is 1800 g/mol. The SMILES string of the molecule is CC[C@H](C)[C@H](NC(=O)[C@H](Cc1ccccc1)NC(=O)[C@H](CC(C)C)NC(=O)[C@H](CC(=O)OC(C)(C)C)NC(=O)[C@H](Cc1ccccc1)NC(=O)[C@@H]1CCCN1C(=O)c1cccc(C#Cc2ccccc2NC(=O)[C@@H](N)COC(C)(C)C)c1)C(=O)N([C@@H](CCCNC(=N)N)C(=O)N[C@@H](CCCCNC(=O)OC(C)(C)C)C(=O)O)S(=O)(=O)c1c(C)c(C)c2c(c1C)CC(C)(C)O2. The molecule has 2 aliphatic rings. The Hall–Kier alpha value is -12.0. The molecule has 702 valence electrons. The number of nitrogens with one attached hydrogen (secondary N) is 10. The lowest BCUT2D eigenvalue weighted by molar-refractivity contribution is -0.156. The molecule has 0 aliphatic carbocycles. The summed E-state index contributed by atoms with van der Waals surface area (Å²) in [4.78, 5) is 177. The molecule has 5 aromatic carbocycles. The van der Waals surface area contributed by atoms with Gasteiger partial charge in [-0.1, -0.05) is 125 Å². The lowest BCUT2D eigenvalue weighted by atomic mass is 9.94. The number of aliphatic carboxylic acids is 1. The third kappa shape index (κ3) is 31.5. The second-order valence-electron chi connectivity index (χ2n) is 37.0. The molecular weight excluding hydrogens is 1670 g/mol. The van der Waals surface area contributed by atoms with Gasteiger partial charge in [0.25, 0.3) is 21.8 Å². The number of rotatable bonds is 41. The smallest absolute Gasteiger partial charge is 0.407 e. The Morgan fingerprint density at radius 1 is 0.643 bits per heavy atom. The summed E-state index contributed by atoms with van der Waals surface area (Å²) in [5.74, 6) is -6.09. The van der Waals surface area contributed by atoms with Gasteiger partial charge in [0.1, 0.15) is 76.9 Å². The van der Waals surface area contributed by atoms with Gasteiger partial charge in [-0.3, -0.25) is 53.4 Å². The zero-order valence-corrected chi connectivity index (χ0v) is 78.3. The van der Waals surface area contributed by atoms with Crippen LogP contribution in [0.5, 0.6) is 5.75 Å². The summed E-state index contributed by atoms with van der Waals surface area (Å²) in [5.41, 5.74) is 12.4. The maximum absolute atomic E-state index is 16.5. The number of likely N-dealkylation sites (tertiary alicyclic amines) is 1. The Bertz CT molecular complexity index is 5030. The van der Waals surface area contributed by atoms with E-state index in [1.165, 1.54) is 11.8 Å². The van der Waals surface area contributed by atoms with Gasteiger partial charge in [0.2, 0.25) is 41.4 Å². The van der Waals surface area contributed by atoms with Crippen LogP contribution < -0.4 is 64.1 Å². The minimum atomic E-state index is -5.36. The molecule has 0 aromatic heterocycles. The lowest BCUT2D eigenvalue weighted by Gasteiger charge is -2.36. The molecule has 0 saturated carbocycles. The number of para-hydroxylation sites is 1. The summed E-state index contributed by atoms with van der Waals surface area (Å²) in [6, 6.07) is 16.0. The van der Waals surface area contributed by atoms with Gasteiger partial charge >= 0.3 is 18.0 Å². The van der Waals surface area contributed by atoms with Crippen molar-refractivity contribution >= 4 is 92.9 Å². The number of amides is 10. The molecule has 10 atom stereocenters. The number of ether oxygens (including phenoxy) is 4. The van der Waals surface area contributed by atoms with E-state index < -0.39 is 189 Å². The van der Waals surface area contributed by atoms with Crippen LogP contribution >= 0.6 is 0 Å². The fourth-order valence-electron chi connectivity index (χ4n) is 14.9. The number of nitrogens with zero attached hydrogens (tertiary/aromatic N) is 2. The number of carbonyl (C=O) groups excluding carboxylic acids is 11. The Morgan fingerprint density at radius 2 is 1.21 bits per heavy atom. The fraction of sp³-hybridized carbons (Fsp3) is 0.526. The van der Waals surface area contributed by atoms with Crippen molar-refractivity contribution in [2.45, 2.75) is 290 Å². The zero-order valence-electron chi connectivity index (χ0n) is 77.5. The number of sulfonamides is 1. The first-order chi connectivity index (χ1) is 60.4. The summed E-state index contributed by atoms with van der Waals surface area (Å²) in [7, 11) is -5.36. The van der Waals surface area contributed by atoms with Crippen molar-refractivity contribution in [1.82, 2.24) is 51.7 Å². The predicted molar refractivity (Wildman–Crippen MR) is 488 cm³/mol. The van der Waals surface area contributed by atoms with E-state index >= 15 is 37.2 Å². The van der Waals surface area contributed by atoms with Crippen molar-refractivity contribution in [3.8, 4) is 17.6 Å². The Labute approximate surface area is 757 Å². The van der Waals surface area contributed by atoms with E-state index in [4.69, 9.17) is 35.8 Å². The third-order valence-corrected chi connectivity index (χ3v) is 23.7. The molecule has 2 aliphatic heterocycles. The maximum Gasteiger partial charge on any atom is 0.407 e. The van der Waals surface area contributed by atoms with Gasteiger partial charge in [-0.2, -0.15) is 0 Å².